The number of benzene rings is 1. The molecule has 2 heterocycles. The molecule has 0 aliphatic carbocycles. The molecule has 1 atom stereocenters. The maximum Gasteiger partial charge on any atom is 0.317 e. The van der Waals surface area contributed by atoms with Gasteiger partial charge in [0, 0.05) is 47.1 Å². The van der Waals surface area contributed by atoms with Gasteiger partial charge in [0.1, 0.15) is 23.4 Å². The Morgan fingerprint density at radius 2 is 1.95 bits per heavy atom. The number of amides is 4. The minimum absolute atomic E-state index is 0.0190. The van der Waals surface area contributed by atoms with Crippen molar-refractivity contribution in [2.45, 2.75) is 45.7 Å². The monoisotopic (exact) mass is 611 g/mol. The normalized spacial score (nSPS) is 12.1. The van der Waals surface area contributed by atoms with E-state index in [-0.39, 0.29) is 30.4 Å². The number of nitrogens with one attached hydrogen (secondary N) is 3. The molecule has 13 heteroatoms. The van der Waals surface area contributed by atoms with Gasteiger partial charge in [-0.25, -0.2) is 14.2 Å². The van der Waals surface area contributed by atoms with Crippen LogP contribution in [0.5, 0.6) is 0 Å². The van der Waals surface area contributed by atoms with Crippen molar-refractivity contribution < 1.29 is 23.5 Å². The van der Waals surface area contributed by atoms with Crippen molar-refractivity contribution in [2.75, 3.05) is 46.7 Å². The van der Waals surface area contributed by atoms with Crippen molar-refractivity contribution in [3.63, 3.8) is 0 Å². The van der Waals surface area contributed by atoms with Gasteiger partial charge in [-0.15, -0.1) is 0 Å². The van der Waals surface area contributed by atoms with Gasteiger partial charge < -0.3 is 34.7 Å². The summed E-state index contributed by atoms with van der Waals surface area (Å²) < 4.78 is 20.6. The van der Waals surface area contributed by atoms with Gasteiger partial charge in [0.25, 0.3) is 5.56 Å². The molecule has 0 aliphatic rings. The zero-order chi connectivity index (χ0) is 32.4. The first-order valence-electron chi connectivity index (χ1n) is 14.4. The highest BCUT2D eigenvalue weighted by molar-refractivity contribution is 5.97. The van der Waals surface area contributed by atoms with E-state index in [1.807, 2.05) is 13.8 Å². The van der Waals surface area contributed by atoms with E-state index in [1.54, 1.807) is 39.5 Å². The number of anilines is 1. The molecule has 0 fully saturated rings. The number of allylic oxidation sites excluding steroid dienone is 1. The molecule has 3 rings (SSSR count). The summed E-state index contributed by atoms with van der Waals surface area (Å²) in [5.74, 6) is -0.391. The summed E-state index contributed by atoms with van der Waals surface area (Å²) in [5, 5.41) is 5.35. The fourth-order valence-electron chi connectivity index (χ4n) is 4.47. The molecule has 238 valence electrons. The standard InChI is InChI=1S/C31H42FN7O5/c1-20(2)16-21-17-22(32)18-25-28(21)36-26(33-25)19-39-13-9-11-24(30(39)42)34-29(41)23(10-7-8-12-27(40)37(3)4)35-31(43)38(5)14-15-44-6/h8-9,11-13,17-18,20,23H,7,10,14-16,19H2,1-6H3,(H,33,36)(H,34,41)(H,35,43)/b12-8+/t23-/m0/s1. The van der Waals surface area contributed by atoms with Crippen molar-refractivity contribution in [1.29, 1.82) is 0 Å². The number of likely N-dealkylation sites (N-methyl/N-ethyl adjacent to an activating group) is 2. The number of fused-ring (bicyclic) bond motifs is 1. The van der Waals surface area contributed by atoms with E-state index in [0.717, 1.165) is 11.1 Å². The number of ether oxygens (including phenoxy) is 1. The first kappa shape index (κ1) is 34.0. The molecule has 44 heavy (non-hydrogen) atoms. The van der Waals surface area contributed by atoms with Gasteiger partial charge in [-0.05, 0) is 55.0 Å². The lowest BCUT2D eigenvalue weighted by Gasteiger charge is -2.23. The first-order valence-corrected chi connectivity index (χ1v) is 14.4. The molecule has 1 aromatic carbocycles. The van der Waals surface area contributed by atoms with Gasteiger partial charge in [0.15, 0.2) is 0 Å². The van der Waals surface area contributed by atoms with E-state index in [4.69, 9.17) is 4.74 Å². The Balaban J connectivity index is 1.79. The molecule has 0 bridgehead atoms. The van der Waals surface area contributed by atoms with Crippen LogP contribution < -0.4 is 16.2 Å². The van der Waals surface area contributed by atoms with Crippen LogP contribution in [0.25, 0.3) is 11.0 Å². The molecular formula is C31H42FN7O5. The van der Waals surface area contributed by atoms with Gasteiger partial charge in [-0.3, -0.25) is 14.4 Å². The Labute approximate surface area is 256 Å². The second-order valence-electron chi connectivity index (χ2n) is 11.2. The molecule has 12 nitrogen and oxygen atoms in total. The fraction of sp³-hybridized carbons (Fsp3) is 0.452. The molecule has 0 saturated heterocycles. The van der Waals surface area contributed by atoms with Gasteiger partial charge >= 0.3 is 6.03 Å². The SMILES string of the molecule is COCCN(C)C(=O)N[C@@H](CC/C=C/C(=O)N(C)C)C(=O)Nc1cccn(Cc2nc3cc(F)cc(CC(C)C)c3[nH]2)c1=O. The smallest absolute Gasteiger partial charge is 0.317 e. The summed E-state index contributed by atoms with van der Waals surface area (Å²) in [4.78, 5) is 61.8. The molecule has 0 unspecified atom stereocenters. The molecule has 2 aromatic heterocycles. The lowest BCUT2D eigenvalue weighted by Crippen LogP contribution is -2.49. The Kier molecular flexibility index (Phi) is 12.2. The number of aromatic nitrogens is 3. The predicted octanol–water partition coefficient (Wildman–Crippen LogP) is 3.13. The summed E-state index contributed by atoms with van der Waals surface area (Å²) >= 11 is 0. The maximum absolute atomic E-state index is 14.2. The third-order valence-electron chi connectivity index (χ3n) is 6.83. The van der Waals surface area contributed by atoms with Crippen LogP contribution in [0.4, 0.5) is 14.9 Å². The van der Waals surface area contributed by atoms with E-state index in [1.165, 1.54) is 45.8 Å². The van der Waals surface area contributed by atoms with E-state index in [0.29, 0.717) is 43.3 Å². The molecule has 0 radical (unpaired) electrons. The first-order chi connectivity index (χ1) is 20.9. The Hall–Kier alpha value is -4.52. The van der Waals surface area contributed by atoms with Gasteiger partial charge in [-0.1, -0.05) is 19.9 Å². The van der Waals surface area contributed by atoms with Crippen molar-refractivity contribution in [1.82, 2.24) is 29.7 Å². The topological polar surface area (TPSA) is 142 Å². The average molecular weight is 612 g/mol. The van der Waals surface area contributed by atoms with Gasteiger partial charge in [0.2, 0.25) is 11.8 Å². The molecule has 3 aromatic rings. The van der Waals surface area contributed by atoms with Crippen LogP contribution in [0.3, 0.4) is 0 Å². The van der Waals surface area contributed by atoms with E-state index in [9.17, 15) is 23.6 Å². The molecule has 4 amide bonds. The minimum Gasteiger partial charge on any atom is -0.383 e. The third kappa shape index (κ3) is 9.49. The van der Waals surface area contributed by atoms with E-state index in [2.05, 4.69) is 20.6 Å². The number of carbonyl (C=O) groups is 3. The Morgan fingerprint density at radius 3 is 2.64 bits per heavy atom. The van der Waals surface area contributed by atoms with Crippen LogP contribution in [0.1, 0.15) is 38.1 Å². The summed E-state index contributed by atoms with van der Waals surface area (Å²) in [6.45, 7) is 4.79. The highest BCUT2D eigenvalue weighted by Crippen LogP contribution is 2.22. The number of aromatic amines is 1. The van der Waals surface area contributed by atoms with Crippen molar-refractivity contribution in [2.24, 2.45) is 5.92 Å². The zero-order valence-electron chi connectivity index (χ0n) is 26.1. The number of H-pyrrole nitrogens is 1. The summed E-state index contributed by atoms with van der Waals surface area (Å²) in [6.07, 6.45) is 5.77. The molecule has 0 saturated carbocycles. The lowest BCUT2D eigenvalue weighted by molar-refractivity contribution is -0.123. The summed E-state index contributed by atoms with van der Waals surface area (Å²) in [5.41, 5.74) is 1.55. The maximum atomic E-state index is 14.2. The number of imidazole rings is 1. The van der Waals surface area contributed by atoms with E-state index < -0.39 is 23.5 Å². The quantitative estimate of drug-likeness (QED) is 0.239. The van der Waals surface area contributed by atoms with Gasteiger partial charge in [-0.2, -0.15) is 0 Å². The van der Waals surface area contributed by atoms with Crippen molar-refractivity contribution in [3.05, 3.63) is 70.2 Å². The second-order valence-corrected chi connectivity index (χ2v) is 11.2. The van der Waals surface area contributed by atoms with Gasteiger partial charge in [0.05, 0.1) is 24.2 Å². The number of rotatable bonds is 14. The average Bonchev–Trinajstić information content (AvgIpc) is 3.37. The number of pyridine rings is 1. The molecule has 0 spiro atoms. The number of urea groups is 1. The van der Waals surface area contributed by atoms with Crippen molar-refractivity contribution in [3.8, 4) is 0 Å². The summed E-state index contributed by atoms with van der Waals surface area (Å²) in [7, 11) is 6.36. The minimum atomic E-state index is -0.996. The largest absolute Gasteiger partial charge is 0.383 e. The number of hydrogen-bond donors (Lipinski definition) is 3. The fourth-order valence-corrected chi connectivity index (χ4v) is 4.47. The predicted molar refractivity (Wildman–Crippen MR) is 167 cm³/mol. The number of hydrogen-bond acceptors (Lipinski definition) is 6. The molecule has 3 N–H and O–H groups in total. The van der Waals surface area contributed by atoms with Crippen LogP contribution in [0.15, 0.2) is 47.4 Å². The van der Waals surface area contributed by atoms with E-state index >= 15 is 0 Å². The Bertz CT molecular complexity index is 1550. The van der Waals surface area contributed by atoms with Crippen molar-refractivity contribution >= 4 is 34.6 Å². The van der Waals surface area contributed by atoms with Crippen LogP contribution in [-0.4, -0.2) is 89.6 Å². The highest BCUT2D eigenvalue weighted by atomic mass is 19.1. The van der Waals surface area contributed by atoms with Crippen LogP contribution in [0, 0.1) is 11.7 Å². The number of nitrogens with zero attached hydrogens (tertiary/aromatic N) is 4. The number of carbonyl (C=O) groups excluding carboxylic acids is 3. The number of methoxy groups -OCH3 is 1. The third-order valence-corrected chi connectivity index (χ3v) is 6.83. The second kappa shape index (κ2) is 15.8. The Morgan fingerprint density at radius 1 is 1.20 bits per heavy atom. The molecular weight excluding hydrogens is 569 g/mol. The zero-order valence-corrected chi connectivity index (χ0v) is 26.1. The number of halogens is 1. The highest BCUT2D eigenvalue weighted by Gasteiger charge is 2.23. The van der Waals surface area contributed by atoms with Crippen LogP contribution >= 0.6 is 0 Å². The molecule has 0 aliphatic heterocycles. The van der Waals surface area contributed by atoms with Crippen LogP contribution in [-0.2, 0) is 27.3 Å². The lowest BCUT2D eigenvalue weighted by atomic mass is 10.0. The summed E-state index contributed by atoms with van der Waals surface area (Å²) in [6, 6.07) is 4.46. The van der Waals surface area contributed by atoms with Crippen LogP contribution in [0.2, 0.25) is 0 Å².